The number of carbonyl (C=O) groups excluding carboxylic acids is 2. The van der Waals surface area contributed by atoms with Crippen molar-refractivity contribution in [1.29, 1.82) is 0 Å². The van der Waals surface area contributed by atoms with Crippen LogP contribution in [0.2, 0.25) is 10.0 Å². The Morgan fingerprint density at radius 1 is 1.17 bits per heavy atom. The highest BCUT2D eigenvalue weighted by molar-refractivity contribution is 6.36. The van der Waals surface area contributed by atoms with E-state index in [1.165, 1.54) is 0 Å². The number of Topliss-reactive ketones (excluding diaryl/α,β-unsaturated/α-hetero) is 1. The van der Waals surface area contributed by atoms with E-state index in [0.29, 0.717) is 53.7 Å². The summed E-state index contributed by atoms with van der Waals surface area (Å²) >= 11 is 12.3. The lowest BCUT2D eigenvalue weighted by atomic mass is 9.82. The van der Waals surface area contributed by atoms with Crippen molar-refractivity contribution in [1.82, 2.24) is 4.90 Å². The largest absolute Gasteiger partial charge is 0.497 e. The first-order valence-corrected chi connectivity index (χ1v) is 10.3. The third kappa shape index (κ3) is 4.07. The lowest BCUT2D eigenvalue weighted by molar-refractivity contribution is -0.134. The average molecular weight is 434 g/mol. The normalized spacial score (nSPS) is 17.6. The van der Waals surface area contributed by atoms with Crippen LogP contribution in [0, 0.1) is 0 Å². The Morgan fingerprint density at radius 2 is 1.86 bits per heavy atom. The van der Waals surface area contributed by atoms with Crippen LogP contribution in [0.4, 0.5) is 0 Å². The van der Waals surface area contributed by atoms with Gasteiger partial charge in [-0.05, 0) is 29.8 Å². The number of amides is 1. The molecule has 0 saturated carbocycles. The lowest BCUT2D eigenvalue weighted by Gasteiger charge is -2.44. The smallest absolute Gasteiger partial charge is 0.226 e. The molecule has 2 heterocycles. The van der Waals surface area contributed by atoms with E-state index in [1.807, 2.05) is 29.2 Å². The van der Waals surface area contributed by atoms with Gasteiger partial charge in [0.1, 0.15) is 17.1 Å². The maximum Gasteiger partial charge on any atom is 0.226 e. The van der Waals surface area contributed by atoms with Crippen molar-refractivity contribution >= 4 is 34.9 Å². The van der Waals surface area contributed by atoms with Gasteiger partial charge < -0.3 is 14.4 Å². The molecule has 0 aliphatic carbocycles. The van der Waals surface area contributed by atoms with E-state index in [0.717, 1.165) is 11.3 Å². The number of fused-ring (bicyclic) bond motifs is 1. The van der Waals surface area contributed by atoms with Gasteiger partial charge in [-0.3, -0.25) is 9.59 Å². The molecule has 1 fully saturated rings. The Balaban J connectivity index is 1.42. The Morgan fingerprint density at radius 3 is 2.52 bits per heavy atom. The fourth-order valence-electron chi connectivity index (χ4n) is 3.98. The Kier molecular flexibility index (Phi) is 5.45. The molecule has 0 bridgehead atoms. The molecule has 29 heavy (non-hydrogen) atoms. The second kappa shape index (κ2) is 7.88. The number of ether oxygens (including phenoxy) is 2. The molecular weight excluding hydrogens is 413 g/mol. The van der Waals surface area contributed by atoms with Gasteiger partial charge in [-0.25, -0.2) is 0 Å². The third-order valence-corrected chi connectivity index (χ3v) is 6.15. The number of piperidine rings is 1. The van der Waals surface area contributed by atoms with Crippen LogP contribution in [0.3, 0.4) is 0 Å². The fraction of sp³-hybridized carbons (Fsp3) is 0.364. The van der Waals surface area contributed by atoms with E-state index in [9.17, 15) is 9.59 Å². The Labute approximate surface area is 179 Å². The van der Waals surface area contributed by atoms with Crippen molar-refractivity contribution in [2.75, 3.05) is 20.2 Å². The highest BCUT2D eigenvalue weighted by atomic mass is 35.5. The van der Waals surface area contributed by atoms with Crippen LogP contribution in [0.1, 0.15) is 35.2 Å². The molecular formula is C22H21Cl2NO4. The quantitative estimate of drug-likeness (QED) is 0.710. The minimum absolute atomic E-state index is 0.0198. The molecule has 0 aromatic heterocycles. The number of rotatable bonds is 3. The summed E-state index contributed by atoms with van der Waals surface area (Å²) in [7, 11) is 1.61. The van der Waals surface area contributed by atoms with Crippen LogP contribution in [-0.2, 0) is 11.2 Å². The van der Waals surface area contributed by atoms with Crippen molar-refractivity contribution in [3.63, 3.8) is 0 Å². The zero-order chi connectivity index (χ0) is 20.6. The third-order valence-electron chi connectivity index (χ3n) is 5.65. The Hall–Kier alpha value is -2.24. The molecule has 2 aliphatic heterocycles. The number of hydrogen-bond donors (Lipinski definition) is 0. The van der Waals surface area contributed by atoms with E-state index in [-0.39, 0.29) is 18.1 Å². The number of methoxy groups -OCH3 is 1. The summed E-state index contributed by atoms with van der Waals surface area (Å²) in [4.78, 5) is 27.2. The number of likely N-dealkylation sites (tertiary alicyclic amines) is 1. The van der Waals surface area contributed by atoms with Crippen molar-refractivity contribution < 1.29 is 19.1 Å². The molecule has 0 atom stereocenters. The average Bonchev–Trinajstić information content (AvgIpc) is 2.70. The molecule has 1 spiro atoms. The minimum atomic E-state index is -0.613. The second-order valence-corrected chi connectivity index (χ2v) is 8.40. The number of carbonyl (C=O) groups is 2. The number of hydrogen-bond acceptors (Lipinski definition) is 4. The van der Waals surface area contributed by atoms with E-state index in [1.54, 1.807) is 19.2 Å². The van der Waals surface area contributed by atoms with Crippen LogP contribution in [0.5, 0.6) is 11.5 Å². The first-order valence-electron chi connectivity index (χ1n) is 9.51. The van der Waals surface area contributed by atoms with Crippen molar-refractivity contribution in [3.8, 4) is 11.5 Å². The van der Waals surface area contributed by atoms with Gasteiger partial charge in [0.15, 0.2) is 5.78 Å². The van der Waals surface area contributed by atoms with Crippen molar-refractivity contribution in [3.05, 3.63) is 57.6 Å². The van der Waals surface area contributed by atoms with Gasteiger partial charge in [0.05, 0.1) is 30.5 Å². The van der Waals surface area contributed by atoms with Crippen LogP contribution < -0.4 is 9.47 Å². The monoisotopic (exact) mass is 433 g/mol. The van der Waals surface area contributed by atoms with E-state index in [4.69, 9.17) is 32.7 Å². The van der Waals surface area contributed by atoms with Gasteiger partial charge in [-0.2, -0.15) is 0 Å². The highest BCUT2D eigenvalue weighted by Gasteiger charge is 2.44. The fourth-order valence-corrected chi connectivity index (χ4v) is 4.52. The molecule has 152 valence electrons. The maximum atomic E-state index is 12.7. The summed E-state index contributed by atoms with van der Waals surface area (Å²) in [6.45, 7) is 1.09. The molecule has 0 unspecified atom stereocenters. The predicted octanol–water partition coefficient (Wildman–Crippen LogP) is 4.57. The standard InChI is InChI=1S/C22H21Cl2NO4/c1-28-16-4-2-14(3-5-16)10-20(27)25-8-6-22(7-9-25)13-19(26)17-11-15(23)12-18(24)21(17)29-22/h2-5,11-12H,6-10,13H2,1H3. The van der Waals surface area contributed by atoms with Gasteiger partial charge in [-0.1, -0.05) is 35.3 Å². The van der Waals surface area contributed by atoms with Crippen LogP contribution in [0.25, 0.3) is 0 Å². The van der Waals surface area contributed by atoms with Crippen molar-refractivity contribution in [2.45, 2.75) is 31.3 Å². The molecule has 5 nitrogen and oxygen atoms in total. The summed E-state index contributed by atoms with van der Waals surface area (Å²) < 4.78 is 11.4. The minimum Gasteiger partial charge on any atom is -0.497 e. The first-order chi connectivity index (χ1) is 13.9. The Bertz CT molecular complexity index is 950. The molecule has 4 rings (SSSR count). The number of ketones is 1. The molecule has 7 heteroatoms. The van der Waals surface area contributed by atoms with E-state index >= 15 is 0 Å². The summed E-state index contributed by atoms with van der Waals surface area (Å²) in [6.07, 6.45) is 1.79. The topological polar surface area (TPSA) is 55.8 Å². The SMILES string of the molecule is COc1ccc(CC(=O)N2CCC3(CC2)CC(=O)c2cc(Cl)cc(Cl)c2O3)cc1. The van der Waals surface area contributed by atoms with Crippen LogP contribution in [0.15, 0.2) is 36.4 Å². The van der Waals surface area contributed by atoms with E-state index < -0.39 is 5.60 Å². The predicted molar refractivity (Wildman–Crippen MR) is 111 cm³/mol. The summed E-state index contributed by atoms with van der Waals surface area (Å²) in [6, 6.07) is 10.7. The van der Waals surface area contributed by atoms with E-state index in [2.05, 4.69) is 0 Å². The summed E-state index contributed by atoms with van der Waals surface area (Å²) in [5.74, 6) is 1.22. The molecule has 1 amide bonds. The second-order valence-electron chi connectivity index (χ2n) is 7.55. The van der Waals surface area contributed by atoms with Gasteiger partial charge >= 0.3 is 0 Å². The first kappa shape index (κ1) is 20.0. The highest BCUT2D eigenvalue weighted by Crippen LogP contribution is 2.44. The molecule has 1 saturated heterocycles. The molecule has 2 aromatic carbocycles. The summed E-state index contributed by atoms with van der Waals surface area (Å²) in [5.41, 5.74) is 0.766. The zero-order valence-corrected chi connectivity index (χ0v) is 17.6. The molecule has 2 aliphatic rings. The van der Waals surface area contributed by atoms with Crippen molar-refractivity contribution in [2.24, 2.45) is 0 Å². The van der Waals surface area contributed by atoms with Crippen LogP contribution in [-0.4, -0.2) is 42.4 Å². The molecule has 0 N–H and O–H groups in total. The summed E-state index contributed by atoms with van der Waals surface area (Å²) in [5, 5.41) is 0.763. The molecule has 2 aromatic rings. The van der Waals surface area contributed by atoms with Crippen LogP contribution >= 0.6 is 23.2 Å². The molecule has 0 radical (unpaired) electrons. The number of halogens is 2. The van der Waals surface area contributed by atoms with Gasteiger partial charge in [0.2, 0.25) is 5.91 Å². The maximum absolute atomic E-state index is 12.7. The number of nitrogens with zero attached hydrogens (tertiary/aromatic N) is 1. The zero-order valence-electron chi connectivity index (χ0n) is 16.0. The van der Waals surface area contributed by atoms with Gasteiger partial charge in [-0.15, -0.1) is 0 Å². The lowest BCUT2D eigenvalue weighted by Crippen LogP contribution is -2.52. The number of benzene rings is 2. The van der Waals surface area contributed by atoms with Gasteiger partial charge in [0.25, 0.3) is 0 Å². The van der Waals surface area contributed by atoms with Gasteiger partial charge in [0, 0.05) is 31.0 Å².